The fourth-order valence-electron chi connectivity index (χ4n) is 5.36. The van der Waals surface area contributed by atoms with Crippen molar-refractivity contribution >= 4 is 41.1 Å². The van der Waals surface area contributed by atoms with Crippen LogP contribution in [0.5, 0.6) is 11.5 Å². The SMILES string of the molecule is C=CCON=C1[C@@H](OC)CC(C)=Cc2c(O)c(cc(O)c2NC(=O)c2ccccc2)NC(=O)C(C)=CC=C[C@H](OC)[C@@H](OC(N)=O)C(C)=C[C@@H]1C. The van der Waals surface area contributed by atoms with Gasteiger partial charge in [-0.05, 0) is 44.6 Å². The number of hydrogen-bond acceptors (Lipinski definition) is 10. The molecule has 51 heavy (non-hydrogen) atoms. The summed E-state index contributed by atoms with van der Waals surface area (Å²) in [7, 11) is 2.94. The zero-order valence-electron chi connectivity index (χ0n) is 29.6. The van der Waals surface area contributed by atoms with Gasteiger partial charge in [0, 0.05) is 49.3 Å². The van der Waals surface area contributed by atoms with Gasteiger partial charge in [0.05, 0.1) is 17.1 Å². The Bertz CT molecular complexity index is 1740. The monoisotopic (exact) mass is 702 g/mol. The molecule has 0 unspecified atom stereocenters. The Kier molecular flexibility index (Phi) is 14.8. The second-order valence-corrected chi connectivity index (χ2v) is 11.9. The van der Waals surface area contributed by atoms with E-state index in [4.69, 9.17) is 24.8 Å². The molecule has 1 heterocycles. The fourth-order valence-corrected chi connectivity index (χ4v) is 5.36. The second kappa shape index (κ2) is 18.9. The van der Waals surface area contributed by atoms with Crippen LogP contribution in [0, 0.1) is 5.92 Å². The molecule has 2 aromatic carbocycles. The Morgan fingerprint density at radius 2 is 1.84 bits per heavy atom. The van der Waals surface area contributed by atoms with Gasteiger partial charge in [-0.3, -0.25) is 9.59 Å². The number of rotatable bonds is 8. The first kappa shape index (κ1) is 39.8. The van der Waals surface area contributed by atoms with Crippen molar-refractivity contribution < 1.29 is 43.6 Å². The van der Waals surface area contributed by atoms with Crippen molar-refractivity contribution in [3.05, 3.63) is 101 Å². The Hall–Kier alpha value is -5.66. The third-order valence-electron chi connectivity index (χ3n) is 7.96. The van der Waals surface area contributed by atoms with Gasteiger partial charge in [0.25, 0.3) is 11.8 Å². The normalized spacial score (nSPS) is 21.1. The van der Waals surface area contributed by atoms with Crippen LogP contribution in [0.1, 0.15) is 50.0 Å². The number of methoxy groups -OCH3 is 2. The van der Waals surface area contributed by atoms with E-state index in [1.54, 1.807) is 75.4 Å². The van der Waals surface area contributed by atoms with E-state index in [0.29, 0.717) is 22.4 Å². The number of hydrogen-bond donors (Lipinski definition) is 5. The van der Waals surface area contributed by atoms with Crippen LogP contribution in [0.25, 0.3) is 6.08 Å². The minimum Gasteiger partial charge on any atom is -0.506 e. The van der Waals surface area contributed by atoms with Gasteiger partial charge < -0.3 is 45.6 Å². The summed E-state index contributed by atoms with van der Waals surface area (Å²) in [5.74, 6) is -2.37. The lowest BCUT2D eigenvalue weighted by molar-refractivity contribution is -0.112. The molecule has 1 aliphatic heterocycles. The van der Waals surface area contributed by atoms with Gasteiger partial charge in [-0.25, -0.2) is 4.79 Å². The number of carbonyl (C=O) groups is 3. The summed E-state index contributed by atoms with van der Waals surface area (Å²) in [5.41, 5.74) is 7.53. The third kappa shape index (κ3) is 10.9. The van der Waals surface area contributed by atoms with E-state index >= 15 is 0 Å². The molecule has 3 amide bonds. The maximum absolute atomic E-state index is 13.2. The van der Waals surface area contributed by atoms with Crippen molar-refractivity contribution in [2.24, 2.45) is 16.8 Å². The Morgan fingerprint density at radius 1 is 1.14 bits per heavy atom. The predicted octanol–water partition coefficient (Wildman–Crippen LogP) is 6.23. The number of nitrogens with zero attached hydrogens (tertiary/aromatic N) is 1. The first-order valence-electron chi connectivity index (χ1n) is 16.1. The number of carbonyl (C=O) groups excluding carboxylic acids is 3. The van der Waals surface area contributed by atoms with Crippen LogP contribution in [-0.4, -0.2) is 73.0 Å². The van der Waals surface area contributed by atoms with Gasteiger partial charge in [0.1, 0.15) is 30.3 Å². The molecule has 4 atom stereocenters. The summed E-state index contributed by atoms with van der Waals surface area (Å²) in [5, 5.41) is 32.4. The molecule has 0 aliphatic carbocycles. The largest absolute Gasteiger partial charge is 0.506 e. The number of nitrogens with one attached hydrogen (secondary N) is 2. The minimum atomic E-state index is -1.01. The van der Waals surface area contributed by atoms with Crippen LogP contribution in [0.3, 0.4) is 0 Å². The summed E-state index contributed by atoms with van der Waals surface area (Å²) in [4.78, 5) is 43.9. The number of benzene rings is 2. The van der Waals surface area contributed by atoms with Crippen LogP contribution in [0.15, 0.2) is 95.2 Å². The number of primary amides is 1. The lowest BCUT2D eigenvalue weighted by atomic mass is 9.92. The molecule has 2 aromatic rings. The Labute approximate surface area is 297 Å². The number of allylic oxidation sites excluding steroid dienone is 3. The molecule has 0 radical (unpaired) electrons. The van der Waals surface area contributed by atoms with Gasteiger partial charge in [-0.15, -0.1) is 0 Å². The zero-order chi connectivity index (χ0) is 37.7. The predicted molar refractivity (Wildman–Crippen MR) is 197 cm³/mol. The first-order chi connectivity index (χ1) is 24.3. The summed E-state index contributed by atoms with van der Waals surface area (Å²) < 4.78 is 17.0. The number of fused-ring (bicyclic) bond motifs is 2. The maximum Gasteiger partial charge on any atom is 0.405 e. The summed E-state index contributed by atoms with van der Waals surface area (Å²) in [6.45, 7) is 10.7. The van der Waals surface area contributed by atoms with Crippen molar-refractivity contribution in [3.63, 3.8) is 0 Å². The van der Waals surface area contributed by atoms with Crippen LogP contribution in [0.2, 0.25) is 0 Å². The molecule has 0 saturated heterocycles. The minimum absolute atomic E-state index is 0.0425. The number of oxime groups is 1. The molecule has 1 aliphatic rings. The van der Waals surface area contributed by atoms with Gasteiger partial charge in [-0.2, -0.15) is 0 Å². The number of anilines is 2. The van der Waals surface area contributed by atoms with Gasteiger partial charge >= 0.3 is 6.09 Å². The molecule has 2 bridgehead atoms. The first-order valence-corrected chi connectivity index (χ1v) is 16.1. The highest BCUT2D eigenvalue weighted by atomic mass is 16.6. The topological polar surface area (TPSA) is 191 Å². The smallest absolute Gasteiger partial charge is 0.405 e. The molecule has 0 saturated carbocycles. The van der Waals surface area contributed by atoms with E-state index < -0.39 is 53.6 Å². The Morgan fingerprint density at radius 3 is 2.47 bits per heavy atom. The molecule has 3 rings (SSSR count). The molecule has 13 heteroatoms. The molecule has 0 fully saturated rings. The molecule has 13 nitrogen and oxygen atoms in total. The average molecular weight is 703 g/mol. The molecular formula is C38H46N4O9. The number of phenols is 2. The van der Waals surface area contributed by atoms with E-state index in [-0.39, 0.29) is 35.5 Å². The van der Waals surface area contributed by atoms with Crippen molar-refractivity contribution in [1.29, 1.82) is 0 Å². The average Bonchev–Trinajstić information content (AvgIpc) is 3.10. The highest BCUT2D eigenvalue weighted by Gasteiger charge is 2.28. The number of amides is 3. The molecule has 272 valence electrons. The number of nitrogens with two attached hydrogens (primary N) is 1. The summed E-state index contributed by atoms with van der Waals surface area (Å²) >= 11 is 0. The quantitative estimate of drug-likeness (QED) is 0.0697. The summed E-state index contributed by atoms with van der Waals surface area (Å²) in [6, 6.07) is 9.52. The van der Waals surface area contributed by atoms with Gasteiger partial charge in [0.2, 0.25) is 0 Å². The standard InChI is InChI=1S/C38H46N4O9/c1-8-17-50-42-32-24(4)20-25(5)35(51-38(39)47)30(48-6)16-12-13-23(3)36(45)40-28-21-29(43)33(41-37(46)26-14-10-9-11-15-26)27(34(28)44)18-22(2)19-31(32)49-7/h8-16,18,20-21,24,30-31,35,43-44H,1,17,19H2,2-7H3,(H2,39,47)(H,40,45)(H,41,46)/t24-,30-,31-,35-/m0/s1. The van der Waals surface area contributed by atoms with Crippen LogP contribution in [0.4, 0.5) is 16.2 Å². The van der Waals surface area contributed by atoms with Crippen molar-refractivity contribution in [3.8, 4) is 11.5 Å². The molecule has 0 aromatic heterocycles. The van der Waals surface area contributed by atoms with E-state index in [2.05, 4.69) is 22.4 Å². The van der Waals surface area contributed by atoms with Gasteiger partial charge in [-0.1, -0.05) is 72.8 Å². The van der Waals surface area contributed by atoms with Crippen molar-refractivity contribution in [1.82, 2.24) is 0 Å². The van der Waals surface area contributed by atoms with Crippen LogP contribution >= 0.6 is 0 Å². The van der Waals surface area contributed by atoms with E-state index in [1.807, 2.05) is 13.0 Å². The van der Waals surface area contributed by atoms with Crippen molar-refractivity contribution in [2.45, 2.75) is 52.4 Å². The molecule has 6 N–H and O–H groups in total. The second-order valence-electron chi connectivity index (χ2n) is 11.9. The van der Waals surface area contributed by atoms with E-state index in [1.165, 1.54) is 20.3 Å². The number of phenolic OH excluding ortho intramolecular Hbond substituents is 2. The highest BCUT2D eigenvalue weighted by Crippen LogP contribution is 2.42. The fraction of sp³-hybridized carbons (Fsp3) is 0.316. The van der Waals surface area contributed by atoms with Crippen LogP contribution in [-0.2, 0) is 23.8 Å². The molecule has 0 spiro atoms. The van der Waals surface area contributed by atoms with E-state index in [9.17, 15) is 24.6 Å². The number of ether oxygens (including phenoxy) is 3. The maximum atomic E-state index is 13.2. The van der Waals surface area contributed by atoms with Crippen LogP contribution < -0.4 is 16.4 Å². The lowest BCUT2D eigenvalue weighted by Gasteiger charge is -2.26. The van der Waals surface area contributed by atoms with Crippen molar-refractivity contribution in [2.75, 3.05) is 31.5 Å². The van der Waals surface area contributed by atoms with Gasteiger partial charge in [0.15, 0.2) is 6.10 Å². The van der Waals surface area contributed by atoms with E-state index in [0.717, 1.165) is 6.07 Å². The summed E-state index contributed by atoms with van der Waals surface area (Å²) in [6.07, 6.45) is 6.35. The molecular weight excluding hydrogens is 656 g/mol. The lowest BCUT2D eigenvalue weighted by Crippen LogP contribution is -2.35. The third-order valence-corrected chi connectivity index (χ3v) is 7.96. The zero-order valence-corrected chi connectivity index (χ0v) is 29.6. The Balaban J connectivity index is 2.27. The highest BCUT2D eigenvalue weighted by molar-refractivity contribution is 6.09. The number of aromatic hydroxyl groups is 2.